The van der Waals surface area contributed by atoms with Crippen LogP contribution in [0.25, 0.3) is 21.8 Å². The summed E-state index contributed by atoms with van der Waals surface area (Å²) in [4.78, 5) is 14.6. The number of nitrogens with two attached hydrogens (primary N) is 1. The molecule has 7 nitrogen and oxygen atoms in total. The first-order valence-electron chi connectivity index (χ1n) is 10.7. The monoisotopic (exact) mass is 449 g/mol. The molecule has 4 aromatic rings. The molecule has 0 aliphatic rings. The lowest BCUT2D eigenvalue weighted by molar-refractivity contribution is 0.321. The number of anilines is 1. The van der Waals surface area contributed by atoms with Crippen molar-refractivity contribution in [3.63, 3.8) is 0 Å². The van der Waals surface area contributed by atoms with E-state index in [1.54, 1.807) is 36.7 Å². The second-order valence-corrected chi connectivity index (χ2v) is 9.72. The number of H-pyrrole nitrogens is 1. The predicted molar refractivity (Wildman–Crippen MR) is 132 cm³/mol. The number of rotatable bonds is 8. The zero-order chi connectivity index (χ0) is 22.7. The Kier molecular flexibility index (Phi) is 6.25. The standard InChI is InChI=1S/C24H27N5O2S/c1-3-29(4-2)14-15-32(30,31)18-9-7-17(8-10-18)27-16-20-23-19-6-5-13-26-21(19)11-12-22(23)28-24(20)25/h5-13,16,28H,3-4,14-15,25H2,1-2H3. The molecule has 0 saturated carbocycles. The first-order valence-corrected chi connectivity index (χ1v) is 12.3. The van der Waals surface area contributed by atoms with Crippen molar-refractivity contribution in [3.8, 4) is 0 Å². The summed E-state index contributed by atoms with van der Waals surface area (Å²) >= 11 is 0. The molecule has 0 spiro atoms. The van der Waals surface area contributed by atoms with Crippen molar-refractivity contribution in [1.82, 2.24) is 14.9 Å². The third kappa shape index (κ3) is 4.37. The molecule has 0 unspecified atom stereocenters. The van der Waals surface area contributed by atoms with E-state index >= 15 is 0 Å². The Labute approximate surface area is 187 Å². The van der Waals surface area contributed by atoms with E-state index in [4.69, 9.17) is 5.73 Å². The van der Waals surface area contributed by atoms with E-state index in [2.05, 4.69) is 19.9 Å². The van der Waals surface area contributed by atoms with E-state index in [0.29, 0.717) is 22.9 Å². The number of fused-ring (bicyclic) bond motifs is 3. The van der Waals surface area contributed by atoms with Crippen LogP contribution in [0, 0.1) is 0 Å². The van der Waals surface area contributed by atoms with E-state index in [9.17, 15) is 8.42 Å². The van der Waals surface area contributed by atoms with Crippen molar-refractivity contribution in [2.75, 3.05) is 31.1 Å². The van der Waals surface area contributed by atoms with Crippen molar-refractivity contribution in [1.29, 1.82) is 0 Å². The number of hydrogen-bond donors (Lipinski definition) is 2. The van der Waals surface area contributed by atoms with Gasteiger partial charge in [0.25, 0.3) is 0 Å². The number of sulfone groups is 1. The summed E-state index contributed by atoms with van der Waals surface area (Å²) in [6, 6.07) is 14.5. The summed E-state index contributed by atoms with van der Waals surface area (Å²) in [6.07, 6.45) is 3.47. The van der Waals surface area contributed by atoms with Gasteiger partial charge in [0.05, 0.1) is 21.9 Å². The molecule has 0 fully saturated rings. The molecule has 3 N–H and O–H groups in total. The SMILES string of the molecule is CCN(CC)CCS(=O)(=O)c1ccc(N=Cc2c(N)[nH]c3ccc4ncccc4c23)cc1. The Morgan fingerprint density at radius 1 is 1.09 bits per heavy atom. The summed E-state index contributed by atoms with van der Waals surface area (Å²) in [5.41, 5.74) is 9.46. The summed E-state index contributed by atoms with van der Waals surface area (Å²) in [5, 5.41) is 1.96. The van der Waals surface area contributed by atoms with Crippen LogP contribution in [0.5, 0.6) is 0 Å². The molecule has 0 amide bonds. The molecule has 0 radical (unpaired) electrons. The lowest BCUT2D eigenvalue weighted by Crippen LogP contribution is -2.29. The summed E-state index contributed by atoms with van der Waals surface area (Å²) < 4.78 is 25.3. The van der Waals surface area contributed by atoms with Crippen LogP contribution in [-0.2, 0) is 9.84 Å². The molecule has 32 heavy (non-hydrogen) atoms. The van der Waals surface area contributed by atoms with Crippen LogP contribution < -0.4 is 5.73 Å². The highest BCUT2D eigenvalue weighted by Gasteiger charge is 2.16. The van der Waals surface area contributed by atoms with Crippen LogP contribution in [0.3, 0.4) is 0 Å². The molecule has 0 aliphatic heterocycles. The van der Waals surface area contributed by atoms with Gasteiger partial charge in [0.2, 0.25) is 0 Å². The van der Waals surface area contributed by atoms with Gasteiger partial charge in [-0.1, -0.05) is 19.9 Å². The second kappa shape index (κ2) is 9.10. The Hall–Kier alpha value is -3.23. The van der Waals surface area contributed by atoms with Crippen LogP contribution in [0.4, 0.5) is 11.5 Å². The van der Waals surface area contributed by atoms with Crippen LogP contribution in [0.1, 0.15) is 19.4 Å². The van der Waals surface area contributed by atoms with Crippen LogP contribution >= 0.6 is 0 Å². The number of nitrogen functional groups attached to an aromatic ring is 1. The van der Waals surface area contributed by atoms with E-state index < -0.39 is 9.84 Å². The van der Waals surface area contributed by atoms with Crippen LogP contribution in [0.15, 0.2) is 64.6 Å². The lowest BCUT2D eigenvalue weighted by atomic mass is 10.1. The van der Waals surface area contributed by atoms with Crippen molar-refractivity contribution < 1.29 is 8.42 Å². The second-order valence-electron chi connectivity index (χ2n) is 7.61. The molecule has 2 aromatic heterocycles. The average molecular weight is 450 g/mol. The number of pyridine rings is 1. The van der Waals surface area contributed by atoms with Crippen molar-refractivity contribution in [2.45, 2.75) is 18.7 Å². The summed E-state index contributed by atoms with van der Waals surface area (Å²) in [6.45, 7) is 6.26. The Morgan fingerprint density at radius 3 is 2.56 bits per heavy atom. The van der Waals surface area contributed by atoms with Gasteiger partial charge in [-0.3, -0.25) is 9.98 Å². The summed E-state index contributed by atoms with van der Waals surface area (Å²) in [5.74, 6) is 0.625. The number of hydrogen-bond acceptors (Lipinski definition) is 6. The fourth-order valence-electron chi connectivity index (χ4n) is 3.81. The number of benzene rings is 2. The molecule has 2 heterocycles. The minimum Gasteiger partial charge on any atom is -0.385 e. The van der Waals surface area contributed by atoms with E-state index in [-0.39, 0.29) is 5.75 Å². The van der Waals surface area contributed by atoms with Crippen molar-refractivity contribution >= 4 is 49.4 Å². The minimum absolute atomic E-state index is 0.101. The lowest BCUT2D eigenvalue weighted by Gasteiger charge is -2.17. The normalized spacial score (nSPS) is 12.5. The van der Waals surface area contributed by atoms with E-state index in [0.717, 1.165) is 40.5 Å². The minimum atomic E-state index is -3.34. The topological polar surface area (TPSA) is 104 Å². The smallest absolute Gasteiger partial charge is 0.179 e. The molecule has 0 atom stereocenters. The van der Waals surface area contributed by atoms with Gasteiger partial charge in [-0.15, -0.1) is 0 Å². The first-order chi connectivity index (χ1) is 15.4. The Balaban J connectivity index is 1.59. The van der Waals surface area contributed by atoms with Crippen LogP contribution in [0.2, 0.25) is 0 Å². The highest BCUT2D eigenvalue weighted by atomic mass is 32.2. The van der Waals surface area contributed by atoms with Crippen LogP contribution in [-0.4, -0.2) is 54.9 Å². The number of aliphatic imine (C=N–C) groups is 1. The third-order valence-electron chi connectivity index (χ3n) is 5.72. The highest BCUT2D eigenvalue weighted by Crippen LogP contribution is 2.30. The zero-order valence-corrected chi connectivity index (χ0v) is 19.1. The highest BCUT2D eigenvalue weighted by molar-refractivity contribution is 7.91. The van der Waals surface area contributed by atoms with Gasteiger partial charge in [-0.2, -0.15) is 0 Å². The van der Waals surface area contributed by atoms with Gasteiger partial charge in [0.15, 0.2) is 9.84 Å². The van der Waals surface area contributed by atoms with E-state index in [1.807, 2.05) is 38.1 Å². The Morgan fingerprint density at radius 2 is 1.84 bits per heavy atom. The maximum atomic E-state index is 12.6. The number of aromatic amines is 1. The fourth-order valence-corrected chi connectivity index (χ4v) is 5.10. The average Bonchev–Trinajstić information content (AvgIpc) is 3.14. The van der Waals surface area contributed by atoms with Crippen molar-refractivity contribution in [2.24, 2.45) is 4.99 Å². The summed E-state index contributed by atoms with van der Waals surface area (Å²) in [7, 11) is -3.34. The van der Waals surface area contributed by atoms with Gasteiger partial charge in [0, 0.05) is 40.8 Å². The molecule has 4 rings (SSSR count). The van der Waals surface area contributed by atoms with Crippen molar-refractivity contribution in [3.05, 3.63) is 60.3 Å². The van der Waals surface area contributed by atoms with Gasteiger partial charge in [-0.25, -0.2) is 8.42 Å². The largest absolute Gasteiger partial charge is 0.385 e. The third-order valence-corrected chi connectivity index (χ3v) is 7.43. The first kappa shape index (κ1) is 22.0. The predicted octanol–water partition coefficient (Wildman–Crippen LogP) is 4.16. The molecular formula is C24H27N5O2S. The number of nitrogens with one attached hydrogen (secondary N) is 1. The molecule has 0 saturated heterocycles. The maximum absolute atomic E-state index is 12.6. The molecule has 0 bridgehead atoms. The van der Waals surface area contributed by atoms with Gasteiger partial charge in [-0.05, 0) is 55.6 Å². The quantitative estimate of drug-likeness (QED) is 0.393. The molecule has 0 aliphatic carbocycles. The molecule has 2 aromatic carbocycles. The Bertz CT molecular complexity index is 1370. The number of aromatic nitrogens is 2. The van der Waals surface area contributed by atoms with Gasteiger partial charge < -0.3 is 15.6 Å². The molecule has 8 heteroatoms. The molecular weight excluding hydrogens is 422 g/mol. The fraction of sp³-hybridized carbons (Fsp3) is 0.250. The van der Waals surface area contributed by atoms with E-state index in [1.165, 1.54) is 0 Å². The maximum Gasteiger partial charge on any atom is 0.179 e. The van der Waals surface area contributed by atoms with Gasteiger partial charge in [0.1, 0.15) is 5.82 Å². The van der Waals surface area contributed by atoms with Gasteiger partial charge >= 0.3 is 0 Å². The number of nitrogens with zero attached hydrogens (tertiary/aromatic N) is 3. The zero-order valence-electron chi connectivity index (χ0n) is 18.2. The molecule has 166 valence electrons.